The lowest BCUT2D eigenvalue weighted by molar-refractivity contribution is -0.123. The minimum Gasteiger partial charge on any atom is -0.354 e. The van der Waals surface area contributed by atoms with E-state index in [2.05, 4.69) is 16.0 Å². The van der Waals surface area contributed by atoms with Crippen LogP contribution in [0.15, 0.2) is 42.5 Å². The van der Waals surface area contributed by atoms with Crippen LogP contribution >= 0.6 is 0 Å². The topological polar surface area (TPSA) is 70.2 Å². The molecule has 0 aliphatic rings. The first-order chi connectivity index (χ1) is 10.6. The molecule has 0 radical (unpaired) electrons. The highest BCUT2D eigenvalue weighted by atomic mass is 16.2. The maximum absolute atomic E-state index is 11.8. The van der Waals surface area contributed by atoms with Crippen LogP contribution in [-0.4, -0.2) is 25.0 Å². The first-order valence-corrected chi connectivity index (χ1v) is 7.37. The Bertz CT molecular complexity index is 668. The van der Waals surface area contributed by atoms with E-state index in [1.165, 1.54) is 0 Å². The number of amides is 3. The molecule has 0 bridgehead atoms. The molecule has 0 aliphatic carbocycles. The molecule has 2 rings (SSSR count). The summed E-state index contributed by atoms with van der Waals surface area (Å²) in [4.78, 5) is 23.2. The van der Waals surface area contributed by atoms with E-state index in [0.29, 0.717) is 13.1 Å². The van der Waals surface area contributed by atoms with Crippen LogP contribution in [0, 0.1) is 5.92 Å². The monoisotopic (exact) mass is 299 g/mol. The average Bonchev–Trinajstić information content (AvgIpc) is 2.51. The van der Waals surface area contributed by atoms with Crippen LogP contribution in [0.4, 0.5) is 10.5 Å². The third-order valence-corrected chi connectivity index (χ3v) is 3.24. The zero-order valence-electron chi connectivity index (χ0n) is 12.8. The Kier molecular flexibility index (Phi) is 5.36. The van der Waals surface area contributed by atoms with Gasteiger partial charge in [-0.1, -0.05) is 44.2 Å². The van der Waals surface area contributed by atoms with Crippen LogP contribution in [0.1, 0.15) is 13.8 Å². The molecule has 22 heavy (non-hydrogen) atoms. The molecule has 2 aromatic rings. The highest BCUT2D eigenvalue weighted by Gasteiger charge is 2.06. The average molecular weight is 299 g/mol. The van der Waals surface area contributed by atoms with Gasteiger partial charge >= 0.3 is 6.03 Å². The van der Waals surface area contributed by atoms with Gasteiger partial charge in [0.1, 0.15) is 0 Å². The van der Waals surface area contributed by atoms with Gasteiger partial charge in [0.25, 0.3) is 0 Å². The van der Waals surface area contributed by atoms with Crippen LogP contribution < -0.4 is 16.0 Å². The van der Waals surface area contributed by atoms with E-state index in [-0.39, 0.29) is 17.9 Å². The first-order valence-electron chi connectivity index (χ1n) is 7.37. The maximum atomic E-state index is 11.8. The van der Waals surface area contributed by atoms with Crippen LogP contribution in [0.5, 0.6) is 0 Å². The zero-order valence-corrected chi connectivity index (χ0v) is 12.8. The number of nitrogens with one attached hydrogen (secondary N) is 3. The molecule has 0 aliphatic heterocycles. The van der Waals surface area contributed by atoms with Gasteiger partial charge in [-0.05, 0) is 22.9 Å². The van der Waals surface area contributed by atoms with Gasteiger partial charge in [-0.25, -0.2) is 4.79 Å². The van der Waals surface area contributed by atoms with Crippen molar-refractivity contribution in [1.82, 2.24) is 10.6 Å². The molecule has 0 spiro atoms. The minimum atomic E-state index is -0.283. The van der Waals surface area contributed by atoms with Crippen molar-refractivity contribution < 1.29 is 9.59 Å². The summed E-state index contributed by atoms with van der Waals surface area (Å²) in [5, 5.41) is 10.4. The number of benzene rings is 2. The molecule has 5 heteroatoms. The Morgan fingerprint density at radius 2 is 1.64 bits per heavy atom. The number of hydrogen-bond donors (Lipinski definition) is 3. The molecular weight excluding hydrogens is 278 g/mol. The minimum absolute atomic E-state index is 0.0169. The van der Waals surface area contributed by atoms with Gasteiger partial charge in [0.05, 0.1) is 0 Å². The summed E-state index contributed by atoms with van der Waals surface area (Å²) in [5.41, 5.74) is 0.738. The van der Waals surface area contributed by atoms with Gasteiger partial charge < -0.3 is 16.0 Å². The molecule has 0 fully saturated rings. The number of anilines is 1. The fourth-order valence-electron chi connectivity index (χ4n) is 2.01. The van der Waals surface area contributed by atoms with E-state index in [1.54, 1.807) is 0 Å². The van der Waals surface area contributed by atoms with Gasteiger partial charge in [0.2, 0.25) is 5.91 Å². The Morgan fingerprint density at radius 1 is 0.955 bits per heavy atom. The Morgan fingerprint density at radius 3 is 2.36 bits per heavy atom. The molecule has 0 saturated heterocycles. The lowest BCUT2D eigenvalue weighted by Gasteiger charge is -2.10. The lowest BCUT2D eigenvalue weighted by Crippen LogP contribution is -2.38. The molecule has 0 atom stereocenters. The van der Waals surface area contributed by atoms with Crippen molar-refractivity contribution >= 4 is 28.4 Å². The summed E-state index contributed by atoms with van der Waals surface area (Å²) in [5.74, 6) is -0.0665. The van der Waals surface area contributed by atoms with Crippen molar-refractivity contribution in [3.63, 3.8) is 0 Å². The van der Waals surface area contributed by atoms with Crippen molar-refractivity contribution in [2.24, 2.45) is 5.92 Å². The molecule has 116 valence electrons. The fourth-order valence-corrected chi connectivity index (χ4v) is 2.01. The third-order valence-electron chi connectivity index (χ3n) is 3.24. The summed E-state index contributed by atoms with van der Waals surface area (Å²) in [6.07, 6.45) is 0. The molecule has 0 saturated carbocycles. The van der Waals surface area contributed by atoms with Gasteiger partial charge in [-0.3, -0.25) is 4.79 Å². The first kappa shape index (κ1) is 15.8. The maximum Gasteiger partial charge on any atom is 0.319 e. The molecule has 0 unspecified atom stereocenters. The van der Waals surface area contributed by atoms with Gasteiger partial charge in [0, 0.05) is 24.7 Å². The Labute approximate surface area is 130 Å². The molecule has 3 amide bonds. The second kappa shape index (κ2) is 7.45. The van der Waals surface area contributed by atoms with Gasteiger partial charge in [-0.2, -0.15) is 0 Å². The molecule has 0 heterocycles. The second-order valence-electron chi connectivity index (χ2n) is 5.39. The van der Waals surface area contributed by atoms with Gasteiger partial charge in [-0.15, -0.1) is 0 Å². The molecule has 5 nitrogen and oxygen atoms in total. The normalized spacial score (nSPS) is 10.5. The summed E-state index contributed by atoms with van der Waals surface area (Å²) < 4.78 is 0. The SMILES string of the molecule is CC(C)C(=O)NCCNC(=O)Nc1ccc2ccccc2c1. The van der Waals surface area contributed by atoms with E-state index in [1.807, 2.05) is 56.3 Å². The number of fused-ring (bicyclic) bond motifs is 1. The number of carbonyl (C=O) groups excluding carboxylic acids is 2. The highest BCUT2D eigenvalue weighted by Crippen LogP contribution is 2.18. The van der Waals surface area contributed by atoms with E-state index in [4.69, 9.17) is 0 Å². The van der Waals surface area contributed by atoms with Gasteiger partial charge in [0.15, 0.2) is 0 Å². The molecule has 2 aromatic carbocycles. The van der Waals surface area contributed by atoms with E-state index in [9.17, 15) is 9.59 Å². The van der Waals surface area contributed by atoms with Crippen molar-refractivity contribution in [2.45, 2.75) is 13.8 Å². The van der Waals surface area contributed by atoms with Crippen molar-refractivity contribution in [2.75, 3.05) is 18.4 Å². The predicted octanol–water partition coefficient (Wildman–Crippen LogP) is 2.73. The number of rotatable bonds is 5. The van der Waals surface area contributed by atoms with E-state index < -0.39 is 0 Å². The quantitative estimate of drug-likeness (QED) is 0.743. The molecule has 0 aromatic heterocycles. The number of carbonyl (C=O) groups is 2. The van der Waals surface area contributed by atoms with E-state index in [0.717, 1.165) is 16.5 Å². The Balaban J connectivity index is 1.80. The smallest absolute Gasteiger partial charge is 0.319 e. The largest absolute Gasteiger partial charge is 0.354 e. The van der Waals surface area contributed by atoms with Crippen molar-refractivity contribution in [3.8, 4) is 0 Å². The summed E-state index contributed by atoms with van der Waals surface area (Å²) >= 11 is 0. The highest BCUT2D eigenvalue weighted by molar-refractivity contribution is 5.93. The van der Waals surface area contributed by atoms with Crippen LogP contribution in [0.3, 0.4) is 0 Å². The summed E-state index contributed by atoms with van der Waals surface area (Å²) in [6.45, 7) is 4.46. The summed E-state index contributed by atoms with van der Waals surface area (Å²) in [6, 6.07) is 13.4. The third kappa shape index (κ3) is 4.48. The van der Waals surface area contributed by atoms with Crippen molar-refractivity contribution in [3.05, 3.63) is 42.5 Å². The van der Waals surface area contributed by atoms with Crippen molar-refractivity contribution in [1.29, 1.82) is 0 Å². The predicted molar refractivity (Wildman–Crippen MR) is 88.8 cm³/mol. The molecular formula is C17H21N3O2. The lowest BCUT2D eigenvalue weighted by atomic mass is 10.1. The van der Waals surface area contributed by atoms with E-state index >= 15 is 0 Å². The zero-order chi connectivity index (χ0) is 15.9. The van der Waals surface area contributed by atoms with Crippen LogP contribution in [0.25, 0.3) is 10.8 Å². The molecule has 3 N–H and O–H groups in total. The van der Waals surface area contributed by atoms with Crippen LogP contribution in [-0.2, 0) is 4.79 Å². The summed E-state index contributed by atoms with van der Waals surface area (Å²) in [7, 11) is 0. The second-order valence-corrected chi connectivity index (χ2v) is 5.39. The fraction of sp³-hybridized carbons (Fsp3) is 0.294. The standard InChI is InChI=1S/C17H21N3O2/c1-12(2)16(21)18-9-10-19-17(22)20-15-8-7-13-5-3-4-6-14(13)11-15/h3-8,11-12H,9-10H2,1-2H3,(H,18,21)(H2,19,20,22). The number of hydrogen-bond acceptors (Lipinski definition) is 2. The number of urea groups is 1. The Hall–Kier alpha value is -2.56. The van der Waals surface area contributed by atoms with Crippen LogP contribution in [0.2, 0.25) is 0 Å².